The molecule has 1 atom stereocenters. The first kappa shape index (κ1) is 20.2. The number of hydrogen-bond donors (Lipinski definition) is 4. The zero-order valence-electron chi connectivity index (χ0n) is 16.7. The number of rotatable bonds is 10. The molecule has 156 valence electrons. The van der Waals surface area contributed by atoms with Gasteiger partial charge in [-0.15, -0.1) is 0 Å². The number of hydrogen-bond acceptors (Lipinski definition) is 5. The first-order chi connectivity index (χ1) is 14.8. The van der Waals surface area contributed by atoms with Crippen molar-refractivity contribution in [2.75, 3.05) is 26.3 Å². The third-order valence-corrected chi connectivity index (χ3v) is 4.98. The minimum Gasteiger partial charge on any atom is -0.492 e. The van der Waals surface area contributed by atoms with Crippen LogP contribution in [0.25, 0.3) is 21.8 Å². The Kier molecular flexibility index (Phi) is 6.49. The van der Waals surface area contributed by atoms with Gasteiger partial charge in [-0.25, -0.2) is 0 Å². The van der Waals surface area contributed by atoms with E-state index in [9.17, 15) is 10.2 Å². The van der Waals surface area contributed by atoms with E-state index in [0.29, 0.717) is 25.4 Å². The molecule has 0 fully saturated rings. The Morgan fingerprint density at radius 2 is 1.63 bits per heavy atom. The van der Waals surface area contributed by atoms with E-state index in [4.69, 9.17) is 9.47 Å². The molecule has 0 aliphatic rings. The van der Waals surface area contributed by atoms with Crippen molar-refractivity contribution < 1.29 is 19.7 Å². The second kappa shape index (κ2) is 9.63. The quantitative estimate of drug-likeness (QED) is 0.304. The molecule has 1 heterocycles. The van der Waals surface area contributed by atoms with Gasteiger partial charge in [0.2, 0.25) is 0 Å². The second-order valence-electron chi connectivity index (χ2n) is 7.13. The number of aromatic amines is 1. The highest BCUT2D eigenvalue weighted by Gasteiger charge is 2.11. The van der Waals surface area contributed by atoms with Crippen LogP contribution in [-0.2, 0) is 6.61 Å². The Bertz CT molecular complexity index is 1110. The highest BCUT2D eigenvalue weighted by atomic mass is 16.5. The molecule has 0 saturated carbocycles. The third-order valence-electron chi connectivity index (χ3n) is 4.98. The molecule has 0 aliphatic heterocycles. The summed E-state index contributed by atoms with van der Waals surface area (Å²) < 4.78 is 11.6. The Balaban J connectivity index is 1.26. The summed E-state index contributed by atoms with van der Waals surface area (Å²) in [6, 6.07) is 21.4. The molecule has 0 spiro atoms. The topological polar surface area (TPSA) is 86.7 Å². The molecule has 4 aromatic rings. The van der Waals surface area contributed by atoms with Crippen molar-refractivity contribution in [2.24, 2.45) is 0 Å². The van der Waals surface area contributed by atoms with Gasteiger partial charge in [0.1, 0.15) is 30.8 Å². The molecular weight excluding hydrogens is 380 g/mol. The molecule has 0 bridgehead atoms. The second-order valence-corrected chi connectivity index (χ2v) is 7.13. The van der Waals surface area contributed by atoms with Crippen LogP contribution in [0.2, 0.25) is 0 Å². The average molecular weight is 406 g/mol. The van der Waals surface area contributed by atoms with Gasteiger partial charge in [0, 0.05) is 34.9 Å². The molecule has 3 aromatic carbocycles. The standard InChI is InChI=1S/C24H26N2O4/c27-15-17-6-1-4-10-22(17)29-13-12-25-14-18(28)16-30-23-11-5-9-21-24(23)19-7-2-3-8-20(19)26-21/h1-11,18,25-28H,12-16H2/t18-/m1/s1. The normalized spacial score (nSPS) is 12.3. The highest BCUT2D eigenvalue weighted by molar-refractivity contribution is 6.10. The fraction of sp³-hybridized carbons (Fsp3) is 0.250. The molecule has 4 rings (SSSR count). The van der Waals surface area contributed by atoms with Crippen LogP contribution in [0.3, 0.4) is 0 Å². The monoisotopic (exact) mass is 406 g/mol. The number of aliphatic hydroxyl groups is 2. The summed E-state index contributed by atoms with van der Waals surface area (Å²) in [5.74, 6) is 1.44. The zero-order chi connectivity index (χ0) is 20.8. The summed E-state index contributed by atoms with van der Waals surface area (Å²) in [5.41, 5.74) is 2.84. The summed E-state index contributed by atoms with van der Waals surface area (Å²) in [5, 5.41) is 24.9. The summed E-state index contributed by atoms with van der Waals surface area (Å²) in [6.07, 6.45) is -0.643. The highest BCUT2D eigenvalue weighted by Crippen LogP contribution is 2.32. The minimum atomic E-state index is -0.643. The van der Waals surface area contributed by atoms with Crippen molar-refractivity contribution in [3.05, 3.63) is 72.3 Å². The minimum absolute atomic E-state index is 0.0527. The molecule has 6 nitrogen and oxygen atoms in total. The SMILES string of the molecule is OCc1ccccc1OCCNC[C@@H](O)COc1cccc2[nH]c3ccccc3c12. The summed E-state index contributed by atoms with van der Waals surface area (Å²) >= 11 is 0. The summed E-state index contributed by atoms with van der Waals surface area (Å²) in [7, 11) is 0. The van der Waals surface area contributed by atoms with Crippen molar-refractivity contribution in [3.63, 3.8) is 0 Å². The molecule has 0 amide bonds. The molecule has 30 heavy (non-hydrogen) atoms. The summed E-state index contributed by atoms with van der Waals surface area (Å²) in [4.78, 5) is 3.39. The van der Waals surface area contributed by atoms with Crippen LogP contribution < -0.4 is 14.8 Å². The maximum Gasteiger partial charge on any atom is 0.129 e. The van der Waals surface area contributed by atoms with E-state index in [1.54, 1.807) is 0 Å². The number of H-pyrrole nitrogens is 1. The van der Waals surface area contributed by atoms with Gasteiger partial charge in [-0.3, -0.25) is 0 Å². The predicted molar refractivity (Wildman–Crippen MR) is 118 cm³/mol. The number of ether oxygens (including phenoxy) is 2. The Labute approximate surface area is 175 Å². The van der Waals surface area contributed by atoms with Gasteiger partial charge in [-0.05, 0) is 24.3 Å². The molecule has 0 unspecified atom stereocenters. The first-order valence-electron chi connectivity index (χ1n) is 10.1. The zero-order valence-corrected chi connectivity index (χ0v) is 16.7. The van der Waals surface area contributed by atoms with Gasteiger partial charge >= 0.3 is 0 Å². The predicted octanol–water partition coefficient (Wildman–Crippen LogP) is 3.22. The van der Waals surface area contributed by atoms with Gasteiger partial charge in [0.05, 0.1) is 12.1 Å². The largest absolute Gasteiger partial charge is 0.492 e. The number of fused-ring (bicyclic) bond motifs is 3. The lowest BCUT2D eigenvalue weighted by atomic mass is 10.1. The number of nitrogens with one attached hydrogen (secondary N) is 2. The van der Waals surface area contributed by atoms with Crippen LogP contribution in [0.4, 0.5) is 0 Å². The molecule has 0 saturated heterocycles. The molecule has 4 N–H and O–H groups in total. The fourth-order valence-corrected chi connectivity index (χ4v) is 3.51. The molecule has 0 radical (unpaired) electrons. The van der Waals surface area contributed by atoms with Gasteiger partial charge in [0.15, 0.2) is 0 Å². The first-order valence-corrected chi connectivity index (χ1v) is 10.1. The Hall–Kier alpha value is -3.06. The van der Waals surface area contributed by atoms with Crippen LogP contribution in [0, 0.1) is 0 Å². The molecule has 0 aliphatic carbocycles. The third kappa shape index (κ3) is 4.57. The van der Waals surface area contributed by atoms with Crippen LogP contribution in [-0.4, -0.2) is 47.6 Å². The van der Waals surface area contributed by atoms with Crippen molar-refractivity contribution in [3.8, 4) is 11.5 Å². The van der Waals surface area contributed by atoms with Crippen LogP contribution in [0.1, 0.15) is 5.56 Å². The van der Waals surface area contributed by atoms with E-state index in [-0.39, 0.29) is 13.2 Å². The van der Waals surface area contributed by atoms with Crippen molar-refractivity contribution in [1.82, 2.24) is 10.3 Å². The molecular formula is C24H26N2O4. The lowest BCUT2D eigenvalue weighted by Gasteiger charge is -2.15. The van der Waals surface area contributed by atoms with Crippen molar-refractivity contribution in [2.45, 2.75) is 12.7 Å². The maximum atomic E-state index is 10.3. The van der Waals surface area contributed by atoms with Crippen molar-refractivity contribution in [1.29, 1.82) is 0 Å². The number of aromatic nitrogens is 1. The Morgan fingerprint density at radius 1 is 0.867 bits per heavy atom. The number of para-hydroxylation sites is 2. The van der Waals surface area contributed by atoms with Crippen LogP contribution in [0.15, 0.2) is 66.7 Å². The average Bonchev–Trinajstić information content (AvgIpc) is 3.17. The van der Waals surface area contributed by atoms with E-state index in [1.165, 1.54) is 0 Å². The van der Waals surface area contributed by atoms with E-state index in [2.05, 4.69) is 16.4 Å². The number of benzene rings is 3. The van der Waals surface area contributed by atoms with E-state index in [0.717, 1.165) is 33.1 Å². The van der Waals surface area contributed by atoms with Gasteiger partial charge in [-0.2, -0.15) is 0 Å². The van der Waals surface area contributed by atoms with E-state index >= 15 is 0 Å². The van der Waals surface area contributed by atoms with Crippen LogP contribution >= 0.6 is 0 Å². The molecule has 1 aromatic heterocycles. The van der Waals surface area contributed by atoms with E-state index in [1.807, 2.05) is 60.7 Å². The van der Waals surface area contributed by atoms with E-state index < -0.39 is 6.10 Å². The van der Waals surface area contributed by atoms with Gasteiger partial charge < -0.3 is 30.0 Å². The smallest absolute Gasteiger partial charge is 0.129 e. The fourth-order valence-electron chi connectivity index (χ4n) is 3.51. The lowest BCUT2D eigenvalue weighted by molar-refractivity contribution is 0.106. The van der Waals surface area contributed by atoms with Crippen LogP contribution in [0.5, 0.6) is 11.5 Å². The molecule has 6 heteroatoms. The maximum absolute atomic E-state index is 10.3. The lowest BCUT2D eigenvalue weighted by Crippen LogP contribution is -2.33. The van der Waals surface area contributed by atoms with Crippen molar-refractivity contribution >= 4 is 21.8 Å². The number of aliphatic hydroxyl groups excluding tert-OH is 2. The van der Waals surface area contributed by atoms with Gasteiger partial charge in [0.25, 0.3) is 0 Å². The van der Waals surface area contributed by atoms with Gasteiger partial charge in [-0.1, -0.05) is 42.5 Å². The summed E-state index contributed by atoms with van der Waals surface area (Å²) in [6.45, 7) is 1.56. The Morgan fingerprint density at radius 3 is 2.53 bits per heavy atom.